The Kier molecular flexibility index (Phi) is 5.50. The maximum absolute atomic E-state index is 12.5. The van der Waals surface area contributed by atoms with E-state index in [1.165, 1.54) is 6.07 Å². The number of hydrogen-bond acceptors (Lipinski definition) is 3. The summed E-state index contributed by atoms with van der Waals surface area (Å²) in [6.45, 7) is 1.75. The number of methoxy groups -OCH3 is 1. The fraction of sp³-hybridized carbons (Fsp3) is 0.200. The molecule has 0 aliphatic heterocycles. The van der Waals surface area contributed by atoms with Gasteiger partial charge >= 0.3 is 0 Å². The molecule has 0 spiro atoms. The molecule has 118 valence electrons. The van der Waals surface area contributed by atoms with E-state index in [-0.39, 0.29) is 9.92 Å². The van der Waals surface area contributed by atoms with Gasteiger partial charge in [-0.2, -0.15) is 0 Å². The van der Waals surface area contributed by atoms with Crippen LogP contribution in [-0.2, 0) is 10.0 Å². The zero-order valence-corrected chi connectivity index (χ0v) is 15.2. The molecule has 0 bridgehead atoms. The second-order valence-electron chi connectivity index (χ2n) is 4.66. The third-order valence-electron chi connectivity index (χ3n) is 3.12. The van der Waals surface area contributed by atoms with Crippen molar-refractivity contribution in [2.24, 2.45) is 0 Å². The summed E-state index contributed by atoms with van der Waals surface area (Å²) in [5.74, 6) is 0.625. The molecule has 1 N–H and O–H groups in total. The van der Waals surface area contributed by atoms with Crippen molar-refractivity contribution in [3.05, 3.63) is 57.5 Å². The third kappa shape index (κ3) is 3.81. The van der Waals surface area contributed by atoms with E-state index in [0.717, 1.165) is 5.56 Å². The second-order valence-corrected chi connectivity index (χ2v) is 7.66. The van der Waals surface area contributed by atoms with Crippen LogP contribution in [0, 0.1) is 0 Å². The van der Waals surface area contributed by atoms with E-state index in [0.29, 0.717) is 10.2 Å². The van der Waals surface area contributed by atoms with Gasteiger partial charge in [0.25, 0.3) is 0 Å². The maximum Gasteiger partial charge on any atom is 0.242 e. The van der Waals surface area contributed by atoms with Gasteiger partial charge in [-0.25, -0.2) is 13.1 Å². The molecule has 2 aromatic carbocycles. The number of hydrogen-bond donors (Lipinski definition) is 1. The highest BCUT2D eigenvalue weighted by Gasteiger charge is 2.22. The molecule has 2 aromatic rings. The molecular weight excluding hydrogens is 390 g/mol. The molecule has 0 aliphatic carbocycles. The van der Waals surface area contributed by atoms with Crippen molar-refractivity contribution in [2.45, 2.75) is 17.9 Å². The van der Waals surface area contributed by atoms with Gasteiger partial charge in [-0.05, 0) is 31.2 Å². The van der Waals surface area contributed by atoms with Gasteiger partial charge < -0.3 is 4.74 Å². The minimum atomic E-state index is -3.74. The van der Waals surface area contributed by atoms with Gasteiger partial charge in [0.2, 0.25) is 10.0 Å². The molecule has 0 saturated carbocycles. The second kappa shape index (κ2) is 7.00. The first-order valence-electron chi connectivity index (χ1n) is 6.45. The zero-order valence-electron chi connectivity index (χ0n) is 12.0. The first-order chi connectivity index (χ1) is 10.3. The maximum atomic E-state index is 12.5. The van der Waals surface area contributed by atoms with Crippen LogP contribution in [0.4, 0.5) is 0 Å². The number of rotatable bonds is 5. The smallest absolute Gasteiger partial charge is 0.242 e. The lowest BCUT2D eigenvalue weighted by Gasteiger charge is -2.17. The predicted octanol–water partition coefficient (Wildman–Crippen LogP) is 4.15. The molecule has 1 atom stereocenters. The van der Waals surface area contributed by atoms with Crippen LogP contribution >= 0.6 is 27.5 Å². The Balaban J connectivity index is 2.32. The first kappa shape index (κ1) is 17.3. The van der Waals surface area contributed by atoms with E-state index >= 15 is 0 Å². The van der Waals surface area contributed by atoms with Crippen LogP contribution in [0.25, 0.3) is 0 Å². The monoisotopic (exact) mass is 403 g/mol. The molecule has 2 rings (SSSR count). The average Bonchev–Trinajstić information content (AvgIpc) is 2.46. The summed E-state index contributed by atoms with van der Waals surface area (Å²) >= 11 is 9.28. The van der Waals surface area contributed by atoms with Gasteiger partial charge in [-0.15, -0.1) is 0 Å². The summed E-state index contributed by atoms with van der Waals surface area (Å²) in [5, 5.41) is 0.161. The lowest BCUT2D eigenvalue weighted by molar-refractivity contribution is 0.405. The normalized spacial score (nSPS) is 12.9. The molecule has 0 fully saturated rings. The van der Waals surface area contributed by atoms with E-state index in [1.54, 1.807) is 32.2 Å². The van der Waals surface area contributed by atoms with Crippen molar-refractivity contribution in [1.82, 2.24) is 4.72 Å². The molecule has 0 saturated heterocycles. The zero-order chi connectivity index (χ0) is 16.3. The molecular formula is C15H15BrClNO3S. The molecule has 7 heteroatoms. The van der Waals surface area contributed by atoms with Crippen LogP contribution in [0.3, 0.4) is 0 Å². The fourth-order valence-electron chi connectivity index (χ4n) is 2.08. The summed E-state index contributed by atoms with van der Waals surface area (Å²) in [5.41, 5.74) is 0.752. The molecule has 1 unspecified atom stereocenters. The molecule has 0 radical (unpaired) electrons. The Hall–Kier alpha value is -1.08. The van der Waals surface area contributed by atoms with Crippen LogP contribution in [0.2, 0.25) is 5.02 Å². The van der Waals surface area contributed by atoms with E-state index in [1.807, 2.05) is 18.2 Å². The minimum Gasteiger partial charge on any atom is -0.496 e. The number of benzene rings is 2. The van der Waals surface area contributed by atoms with E-state index in [9.17, 15) is 8.42 Å². The van der Waals surface area contributed by atoms with Gasteiger partial charge in [-0.3, -0.25) is 0 Å². The van der Waals surface area contributed by atoms with E-state index in [2.05, 4.69) is 20.7 Å². The van der Waals surface area contributed by atoms with Crippen molar-refractivity contribution in [2.75, 3.05) is 7.11 Å². The largest absolute Gasteiger partial charge is 0.496 e. The first-order valence-corrected chi connectivity index (χ1v) is 9.11. The lowest BCUT2D eigenvalue weighted by Crippen LogP contribution is -2.27. The highest BCUT2D eigenvalue weighted by Crippen LogP contribution is 2.29. The molecule has 0 aliphatic rings. The standard InChI is InChI=1S/C15H15BrClNO3S/c1-10(12-5-3-4-6-14(12)21-2)18-22(19,20)15-8-7-11(16)9-13(15)17/h3-10,18H,1-2H3. The van der Waals surface area contributed by atoms with Gasteiger partial charge in [0, 0.05) is 16.1 Å². The summed E-state index contributed by atoms with van der Waals surface area (Å²) < 4.78 is 33.6. The quantitative estimate of drug-likeness (QED) is 0.814. The molecule has 0 heterocycles. The highest BCUT2D eigenvalue weighted by atomic mass is 79.9. The summed E-state index contributed by atoms with van der Waals surface area (Å²) in [6.07, 6.45) is 0. The van der Waals surface area contributed by atoms with Crippen LogP contribution in [0.15, 0.2) is 51.8 Å². The SMILES string of the molecule is COc1ccccc1C(C)NS(=O)(=O)c1ccc(Br)cc1Cl. The topological polar surface area (TPSA) is 55.4 Å². The van der Waals surface area contributed by atoms with Crippen LogP contribution in [-0.4, -0.2) is 15.5 Å². The minimum absolute atomic E-state index is 0.0408. The Labute approximate surface area is 143 Å². The number of sulfonamides is 1. The summed E-state index contributed by atoms with van der Waals surface area (Å²) in [7, 11) is -2.19. The Morgan fingerprint density at radius 1 is 1.23 bits per heavy atom. The van der Waals surface area contributed by atoms with Crippen molar-refractivity contribution in [1.29, 1.82) is 0 Å². The van der Waals surface area contributed by atoms with Crippen molar-refractivity contribution < 1.29 is 13.2 Å². The Morgan fingerprint density at radius 3 is 2.55 bits per heavy atom. The van der Waals surface area contributed by atoms with Crippen LogP contribution in [0.1, 0.15) is 18.5 Å². The number of nitrogens with one attached hydrogen (secondary N) is 1. The van der Waals surface area contributed by atoms with Crippen molar-refractivity contribution in [3.8, 4) is 5.75 Å². The Morgan fingerprint density at radius 2 is 1.91 bits per heavy atom. The van der Waals surface area contributed by atoms with Gasteiger partial charge in [0.05, 0.1) is 12.1 Å². The van der Waals surface area contributed by atoms with Crippen LogP contribution < -0.4 is 9.46 Å². The molecule has 4 nitrogen and oxygen atoms in total. The fourth-order valence-corrected chi connectivity index (χ4v) is 4.34. The van der Waals surface area contributed by atoms with E-state index < -0.39 is 16.1 Å². The summed E-state index contributed by atoms with van der Waals surface area (Å²) in [6, 6.07) is 11.4. The van der Waals surface area contributed by atoms with Gasteiger partial charge in [-0.1, -0.05) is 45.7 Å². The van der Waals surface area contributed by atoms with Gasteiger partial charge in [0.1, 0.15) is 10.6 Å². The Bertz CT molecular complexity index is 780. The predicted molar refractivity (Wildman–Crippen MR) is 90.9 cm³/mol. The van der Waals surface area contributed by atoms with Crippen LogP contribution in [0.5, 0.6) is 5.75 Å². The molecule has 0 amide bonds. The number of para-hydroxylation sites is 1. The number of ether oxygens (including phenoxy) is 1. The highest BCUT2D eigenvalue weighted by molar-refractivity contribution is 9.10. The van der Waals surface area contributed by atoms with Gasteiger partial charge in [0.15, 0.2) is 0 Å². The lowest BCUT2D eigenvalue weighted by atomic mass is 10.1. The van der Waals surface area contributed by atoms with Crippen molar-refractivity contribution in [3.63, 3.8) is 0 Å². The molecule has 0 aromatic heterocycles. The molecule has 22 heavy (non-hydrogen) atoms. The number of halogens is 2. The third-order valence-corrected chi connectivity index (χ3v) is 5.64. The summed E-state index contributed by atoms with van der Waals surface area (Å²) in [4.78, 5) is 0.0408. The van der Waals surface area contributed by atoms with Crippen molar-refractivity contribution >= 4 is 37.6 Å². The van der Waals surface area contributed by atoms with E-state index in [4.69, 9.17) is 16.3 Å². The average molecular weight is 405 g/mol.